The minimum atomic E-state index is 0.685. The first-order valence-corrected chi connectivity index (χ1v) is 8.77. The zero-order valence-corrected chi connectivity index (χ0v) is 13.6. The van der Waals surface area contributed by atoms with E-state index in [-0.39, 0.29) is 0 Å². The van der Waals surface area contributed by atoms with E-state index in [2.05, 4.69) is 41.3 Å². The van der Waals surface area contributed by atoms with E-state index in [1.807, 2.05) is 6.08 Å². The van der Waals surface area contributed by atoms with Gasteiger partial charge in [0.25, 0.3) is 0 Å². The van der Waals surface area contributed by atoms with Crippen molar-refractivity contribution < 1.29 is 0 Å². The molecule has 0 saturated carbocycles. The number of fused-ring (bicyclic) bond motifs is 3. The molecule has 2 aliphatic heterocycles. The maximum atomic E-state index is 6.41. The number of aliphatic imine (C=N–C) groups is 1. The molecule has 0 unspecified atom stereocenters. The fraction of sp³-hybridized carbons (Fsp3) is 0.118. The molecule has 1 nitrogen and oxygen atoms in total. The molecular weight excluding hydrogens is 318 g/mol. The minimum Gasteiger partial charge on any atom is -0.273 e. The first kappa shape index (κ1) is 13.5. The van der Waals surface area contributed by atoms with Crippen molar-refractivity contribution in [1.29, 1.82) is 0 Å². The minimum absolute atomic E-state index is 0.685. The fourth-order valence-electron chi connectivity index (χ4n) is 2.82. The van der Waals surface area contributed by atoms with Gasteiger partial charge in [0.1, 0.15) is 0 Å². The Kier molecular flexibility index (Phi) is 3.37. The van der Waals surface area contributed by atoms with Gasteiger partial charge in [-0.25, -0.2) is 0 Å². The fourth-order valence-corrected chi connectivity index (χ4v) is 4.94. The molecule has 0 aromatic carbocycles. The van der Waals surface area contributed by atoms with Crippen LogP contribution in [-0.2, 0) is 0 Å². The molecule has 0 aromatic rings. The van der Waals surface area contributed by atoms with Gasteiger partial charge in [-0.1, -0.05) is 53.9 Å². The highest BCUT2D eigenvalue weighted by atomic mass is 35.5. The Morgan fingerprint density at radius 1 is 1.24 bits per heavy atom. The van der Waals surface area contributed by atoms with Crippen LogP contribution in [0.25, 0.3) is 0 Å². The van der Waals surface area contributed by atoms with Crippen LogP contribution in [0.5, 0.6) is 0 Å². The molecular formula is C17H12ClNS2. The van der Waals surface area contributed by atoms with Gasteiger partial charge in [0.15, 0.2) is 0 Å². The summed E-state index contributed by atoms with van der Waals surface area (Å²) in [6.45, 7) is 4.53. The van der Waals surface area contributed by atoms with E-state index >= 15 is 0 Å². The van der Waals surface area contributed by atoms with Crippen LogP contribution >= 0.6 is 35.1 Å². The normalized spacial score (nSPS) is 23.5. The summed E-state index contributed by atoms with van der Waals surface area (Å²) in [5.41, 5.74) is 5.27. The predicted molar refractivity (Wildman–Crippen MR) is 95.6 cm³/mol. The summed E-state index contributed by atoms with van der Waals surface area (Å²) in [7, 11) is 0. The molecule has 0 saturated heterocycles. The van der Waals surface area contributed by atoms with E-state index in [1.165, 1.54) is 32.1 Å². The van der Waals surface area contributed by atoms with Gasteiger partial charge in [-0.3, -0.25) is 4.99 Å². The standard InChI is InChI=1S/C17H12ClNS2/c1-2-15-19-9-11-6-12(18)8-14-13(17(11)21-15)7-10-4-3-5-20-16(10)14/h2-6,8H,1,7,9H2. The summed E-state index contributed by atoms with van der Waals surface area (Å²) in [4.78, 5) is 7.19. The molecule has 0 N–H and O–H groups in total. The largest absolute Gasteiger partial charge is 0.273 e. The van der Waals surface area contributed by atoms with Crippen molar-refractivity contribution >= 4 is 40.2 Å². The van der Waals surface area contributed by atoms with Gasteiger partial charge in [0.05, 0.1) is 11.6 Å². The highest BCUT2D eigenvalue weighted by molar-refractivity contribution is 8.17. The molecule has 21 heavy (non-hydrogen) atoms. The number of rotatable bonds is 1. The van der Waals surface area contributed by atoms with Crippen molar-refractivity contribution in [3.63, 3.8) is 0 Å². The second-order valence-corrected chi connectivity index (χ2v) is 7.41. The van der Waals surface area contributed by atoms with E-state index in [1.54, 1.807) is 23.5 Å². The summed E-state index contributed by atoms with van der Waals surface area (Å²) in [6, 6.07) is 0. The molecule has 4 heteroatoms. The monoisotopic (exact) mass is 329 g/mol. The zero-order valence-electron chi connectivity index (χ0n) is 11.2. The molecule has 4 rings (SSSR count). The van der Waals surface area contributed by atoms with Gasteiger partial charge in [-0.15, -0.1) is 0 Å². The summed E-state index contributed by atoms with van der Waals surface area (Å²) < 4.78 is 0. The smallest absolute Gasteiger partial charge is 0.0950 e. The van der Waals surface area contributed by atoms with Gasteiger partial charge >= 0.3 is 0 Å². The molecule has 0 aromatic heterocycles. The molecule has 0 spiro atoms. The maximum Gasteiger partial charge on any atom is 0.0950 e. The highest BCUT2D eigenvalue weighted by Gasteiger charge is 2.31. The van der Waals surface area contributed by atoms with Gasteiger partial charge in [-0.05, 0) is 45.9 Å². The average molecular weight is 330 g/mol. The molecule has 2 aliphatic carbocycles. The van der Waals surface area contributed by atoms with Gasteiger partial charge in [-0.2, -0.15) is 0 Å². The summed E-state index contributed by atoms with van der Waals surface area (Å²) in [6.07, 6.45) is 11.3. The molecule has 0 atom stereocenters. The van der Waals surface area contributed by atoms with Crippen LogP contribution in [0.4, 0.5) is 0 Å². The van der Waals surface area contributed by atoms with Gasteiger partial charge in [0, 0.05) is 21.3 Å². The Labute approximate surface area is 137 Å². The molecule has 104 valence electrons. The third kappa shape index (κ3) is 2.24. The molecule has 0 bridgehead atoms. The first-order chi connectivity index (χ1) is 10.3. The Hall–Kier alpha value is -1.16. The van der Waals surface area contributed by atoms with Crippen molar-refractivity contribution in [2.24, 2.45) is 4.99 Å². The number of nitrogens with zero attached hydrogens (tertiary/aromatic N) is 1. The van der Waals surface area contributed by atoms with E-state index in [9.17, 15) is 0 Å². The summed E-state index contributed by atoms with van der Waals surface area (Å²) in [5, 5.41) is 3.91. The zero-order chi connectivity index (χ0) is 14.4. The van der Waals surface area contributed by atoms with E-state index < -0.39 is 0 Å². The van der Waals surface area contributed by atoms with Crippen LogP contribution in [0.2, 0.25) is 0 Å². The van der Waals surface area contributed by atoms with Gasteiger partial charge in [0.2, 0.25) is 0 Å². The Bertz CT molecular complexity index is 773. The Morgan fingerprint density at radius 3 is 3.00 bits per heavy atom. The van der Waals surface area contributed by atoms with Gasteiger partial charge < -0.3 is 0 Å². The number of hydrogen-bond donors (Lipinski definition) is 0. The summed E-state index contributed by atoms with van der Waals surface area (Å²) in [5.74, 6) is 0. The van der Waals surface area contributed by atoms with Crippen molar-refractivity contribution in [3.05, 3.63) is 79.5 Å². The number of thioether (sulfide) groups is 2. The topological polar surface area (TPSA) is 12.4 Å². The highest BCUT2D eigenvalue weighted by Crippen LogP contribution is 2.51. The van der Waals surface area contributed by atoms with Crippen molar-refractivity contribution in [3.8, 4) is 0 Å². The van der Waals surface area contributed by atoms with Crippen LogP contribution in [0, 0.1) is 0 Å². The summed E-state index contributed by atoms with van der Waals surface area (Å²) >= 11 is 9.91. The SMILES string of the molecule is C=CC1=NCC2=CC(Cl)=CC3=C4SC=CC=C4CC3=C2S1. The number of hydrogen-bond acceptors (Lipinski definition) is 3. The molecule has 4 aliphatic rings. The quantitative estimate of drug-likeness (QED) is 0.631. The lowest BCUT2D eigenvalue weighted by atomic mass is 10.1. The molecule has 0 amide bonds. The van der Waals surface area contributed by atoms with E-state index in [0.29, 0.717) is 6.54 Å². The maximum absolute atomic E-state index is 6.41. The molecule has 2 heterocycles. The average Bonchev–Trinajstić information content (AvgIpc) is 2.79. The third-order valence-electron chi connectivity index (χ3n) is 3.74. The number of halogens is 1. The lowest BCUT2D eigenvalue weighted by Crippen LogP contribution is -2.05. The second-order valence-electron chi connectivity index (χ2n) is 5.02. The third-order valence-corrected chi connectivity index (χ3v) is 6.18. The van der Waals surface area contributed by atoms with Crippen LogP contribution < -0.4 is 0 Å². The van der Waals surface area contributed by atoms with Crippen LogP contribution in [-0.4, -0.2) is 11.6 Å². The van der Waals surface area contributed by atoms with E-state index in [4.69, 9.17) is 11.6 Å². The van der Waals surface area contributed by atoms with Crippen molar-refractivity contribution in [2.45, 2.75) is 6.42 Å². The molecule has 0 radical (unpaired) electrons. The van der Waals surface area contributed by atoms with E-state index in [0.717, 1.165) is 16.5 Å². The Balaban J connectivity index is 1.93. The Morgan fingerprint density at radius 2 is 2.14 bits per heavy atom. The lowest BCUT2D eigenvalue weighted by Gasteiger charge is -2.18. The molecule has 0 fully saturated rings. The first-order valence-electron chi connectivity index (χ1n) is 6.69. The number of allylic oxidation sites excluding steroid dienone is 8. The van der Waals surface area contributed by atoms with Crippen LogP contribution in [0.1, 0.15) is 6.42 Å². The van der Waals surface area contributed by atoms with Crippen LogP contribution in [0.15, 0.2) is 84.5 Å². The second kappa shape index (κ2) is 5.24. The van der Waals surface area contributed by atoms with Crippen LogP contribution in [0.3, 0.4) is 0 Å². The van der Waals surface area contributed by atoms with Crippen molar-refractivity contribution in [2.75, 3.05) is 6.54 Å². The predicted octanol–water partition coefficient (Wildman–Crippen LogP) is 5.48. The van der Waals surface area contributed by atoms with Crippen molar-refractivity contribution in [1.82, 2.24) is 0 Å². The lowest BCUT2D eigenvalue weighted by molar-refractivity contribution is 1.15.